The minimum absolute atomic E-state index is 0.131. The first-order valence-electron chi connectivity index (χ1n) is 5.86. The summed E-state index contributed by atoms with van der Waals surface area (Å²) in [6.45, 7) is 10.5. The van der Waals surface area contributed by atoms with E-state index in [1.165, 1.54) is 11.8 Å². The third-order valence-electron chi connectivity index (χ3n) is 2.39. The van der Waals surface area contributed by atoms with Gasteiger partial charge in [-0.15, -0.1) is 16.9 Å². The fourth-order valence-electron chi connectivity index (χ4n) is 1.31. The van der Waals surface area contributed by atoms with E-state index < -0.39 is 0 Å². The summed E-state index contributed by atoms with van der Waals surface area (Å²) in [4.78, 5) is 0. The molecule has 1 heterocycles. The Morgan fingerprint density at radius 3 is 2.50 bits per heavy atom. The fraction of sp³-hybridized carbons (Fsp3) is 0.615. The Kier molecular flexibility index (Phi) is 5.12. The van der Waals surface area contributed by atoms with Gasteiger partial charge in [-0.3, -0.25) is 0 Å². The molecule has 0 fully saturated rings. The lowest BCUT2D eigenvalue weighted by molar-refractivity contribution is 0.00694. The normalized spacial score (nSPS) is 11.3. The van der Waals surface area contributed by atoms with E-state index in [0.29, 0.717) is 17.2 Å². The third-order valence-corrected chi connectivity index (χ3v) is 3.32. The molecule has 1 aromatic rings. The van der Waals surface area contributed by atoms with Crippen molar-refractivity contribution in [2.24, 2.45) is 0 Å². The molecule has 1 rings (SSSR count). The second kappa shape index (κ2) is 6.17. The summed E-state index contributed by atoms with van der Waals surface area (Å²) in [7, 11) is 0. The molecule has 0 spiro atoms. The highest BCUT2D eigenvalue weighted by Crippen LogP contribution is 2.23. The average molecular weight is 265 g/mol. The van der Waals surface area contributed by atoms with E-state index in [0.717, 1.165) is 17.0 Å². The summed E-state index contributed by atoms with van der Waals surface area (Å²) in [5, 5.41) is 18.0. The van der Waals surface area contributed by atoms with Gasteiger partial charge in [-0.05, 0) is 40.2 Å². The molecule has 0 aliphatic heterocycles. The topological polar surface area (TPSA) is 58.8 Å². The maximum Gasteiger partial charge on any atom is 0.137 e. The number of aryl methyl sites for hydroxylation is 1. The van der Waals surface area contributed by atoms with Crippen molar-refractivity contribution in [1.29, 1.82) is 5.26 Å². The van der Waals surface area contributed by atoms with Gasteiger partial charge < -0.3 is 4.74 Å². The molecule has 0 unspecified atom stereocenters. The van der Waals surface area contributed by atoms with E-state index in [1.54, 1.807) is 0 Å². The molecule has 1 aromatic heterocycles. The van der Waals surface area contributed by atoms with Gasteiger partial charge in [0.05, 0.1) is 23.5 Å². The lowest BCUT2D eigenvalue weighted by atomic mass is 10.1. The van der Waals surface area contributed by atoms with E-state index in [2.05, 4.69) is 16.3 Å². The Labute approximate surface area is 113 Å². The largest absolute Gasteiger partial charge is 0.375 e. The number of hydrogen-bond donors (Lipinski definition) is 0. The smallest absolute Gasteiger partial charge is 0.137 e. The van der Waals surface area contributed by atoms with Crippen LogP contribution >= 0.6 is 11.8 Å². The summed E-state index contributed by atoms with van der Waals surface area (Å²) in [6.07, 6.45) is 0. The molecule has 0 N–H and O–H groups in total. The standard InChI is InChI=1S/C13H19N3OS/c1-9-10(2)15-16-12(11(9)8-14)18-7-6-17-13(3,4)5/h6-7H2,1-5H3. The van der Waals surface area contributed by atoms with Crippen molar-refractivity contribution in [3.05, 3.63) is 16.8 Å². The lowest BCUT2D eigenvalue weighted by Gasteiger charge is -2.19. The van der Waals surface area contributed by atoms with Gasteiger partial charge in [0, 0.05) is 5.75 Å². The highest BCUT2D eigenvalue weighted by Gasteiger charge is 2.13. The molecular formula is C13H19N3OS. The van der Waals surface area contributed by atoms with Crippen LogP contribution in [0.15, 0.2) is 5.03 Å². The van der Waals surface area contributed by atoms with Crippen LogP contribution < -0.4 is 0 Å². The van der Waals surface area contributed by atoms with Crippen molar-refractivity contribution in [3.8, 4) is 6.07 Å². The summed E-state index contributed by atoms with van der Waals surface area (Å²) in [5.41, 5.74) is 2.21. The number of nitriles is 1. The number of hydrogen-bond acceptors (Lipinski definition) is 5. The minimum atomic E-state index is -0.131. The van der Waals surface area contributed by atoms with Gasteiger partial charge in [0.2, 0.25) is 0 Å². The van der Waals surface area contributed by atoms with Gasteiger partial charge in [-0.25, -0.2) is 0 Å². The zero-order chi connectivity index (χ0) is 13.8. The van der Waals surface area contributed by atoms with Crippen molar-refractivity contribution in [3.63, 3.8) is 0 Å². The maximum atomic E-state index is 9.15. The molecule has 0 saturated carbocycles. The molecule has 0 bridgehead atoms. The average Bonchev–Trinajstić information content (AvgIpc) is 2.28. The van der Waals surface area contributed by atoms with Crippen molar-refractivity contribution in [2.45, 2.75) is 45.2 Å². The molecule has 0 aliphatic carbocycles. The zero-order valence-corrected chi connectivity index (χ0v) is 12.4. The second-order valence-corrected chi connectivity index (χ2v) is 6.10. The number of aromatic nitrogens is 2. The summed E-state index contributed by atoms with van der Waals surface area (Å²) in [5.74, 6) is 0.767. The van der Waals surface area contributed by atoms with Gasteiger partial charge in [0.1, 0.15) is 11.1 Å². The number of thioether (sulfide) groups is 1. The van der Waals surface area contributed by atoms with Crippen molar-refractivity contribution >= 4 is 11.8 Å². The Morgan fingerprint density at radius 2 is 1.94 bits per heavy atom. The molecule has 0 saturated heterocycles. The van der Waals surface area contributed by atoms with Gasteiger partial charge >= 0.3 is 0 Å². The number of rotatable bonds is 4. The van der Waals surface area contributed by atoms with Gasteiger partial charge in [0.15, 0.2) is 0 Å². The van der Waals surface area contributed by atoms with Crippen molar-refractivity contribution in [1.82, 2.24) is 10.2 Å². The first-order chi connectivity index (χ1) is 8.35. The number of nitrogens with zero attached hydrogens (tertiary/aromatic N) is 3. The van der Waals surface area contributed by atoms with E-state index in [9.17, 15) is 0 Å². The third kappa shape index (κ3) is 4.28. The highest BCUT2D eigenvalue weighted by molar-refractivity contribution is 7.99. The van der Waals surface area contributed by atoms with E-state index in [-0.39, 0.29) is 5.60 Å². The van der Waals surface area contributed by atoms with Crippen LogP contribution in [0, 0.1) is 25.2 Å². The van der Waals surface area contributed by atoms with Crippen molar-refractivity contribution < 1.29 is 4.74 Å². The molecule has 0 amide bonds. The molecule has 98 valence electrons. The van der Waals surface area contributed by atoms with Crippen LogP contribution in [-0.4, -0.2) is 28.2 Å². The van der Waals surface area contributed by atoms with Crippen LogP contribution in [-0.2, 0) is 4.74 Å². The number of ether oxygens (including phenoxy) is 1. The quantitative estimate of drug-likeness (QED) is 0.619. The van der Waals surface area contributed by atoms with E-state index >= 15 is 0 Å². The first kappa shape index (κ1) is 14.9. The van der Waals surface area contributed by atoms with E-state index in [1.807, 2.05) is 34.6 Å². The predicted molar refractivity (Wildman–Crippen MR) is 72.7 cm³/mol. The second-order valence-electron chi connectivity index (χ2n) is 5.01. The zero-order valence-electron chi connectivity index (χ0n) is 11.6. The Bertz CT molecular complexity index is 461. The van der Waals surface area contributed by atoms with Crippen LogP contribution in [0.25, 0.3) is 0 Å². The fourth-order valence-corrected chi connectivity index (χ4v) is 2.11. The summed E-state index contributed by atoms with van der Waals surface area (Å²) >= 11 is 1.51. The molecule has 18 heavy (non-hydrogen) atoms. The van der Waals surface area contributed by atoms with Crippen LogP contribution in [0.4, 0.5) is 0 Å². The molecule has 0 aliphatic rings. The van der Waals surface area contributed by atoms with Crippen molar-refractivity contribution in [2.75, 3.05) is 12.4 Å². The van der Waals surface area contributed by atoms with Gasteiger partial charge in [0.25, 0.3) is 0 Å². The van der Waals surface area contributed by atoms with E-state index in [4.69, 9.17) is 10.00 Å². The van der Waals surface area contributed by atoms with Gasteiger partial charge in [-0.2, -0.15) is 10.4 Å². The van der Waals surface area contributed by atoms with Crippen LogP contribution in [0.1, 0.15) is 37.6 Å². The SMILES string of the molecule is Cc1nnc(SCCOC(C)(C)C)c(C#N)c1C. The lowest BCUT2D eigenvalue weighted by Crippen LogP contribution is -2.20. The highest BCUT2D eigenvalue weighted by atomic mass is 32.2. The maximum absolute atomic E-state index is 9.15. The van der Waals surface area contributed by atoms with Gasteiger partial charge in [-0.1, -0.05) is 0 Å². The summed E-state index contributed by atoms with van der Waals surface area (Å²) in [6, 6.07) is 2.20. The Morgan fingerprint density at radius 1 is 1.28 bits per heavy atom. The first-order valence-corrected chi connectivity index (χ1v) is 6.84. The monoisotopic (exact) mass is 265 g/mol. The Balaban J connectivity index is 2.64. The predicted octanol–water partition coefficient (Wildman–Crippen LogP) is 2.87. The summed E-state index contributed by atoms with van der Waals surface area (Å²) < 4.78 is 5.63. The molecule has 4 nitrogen and oxygen atoms in total. The Hall–Kier alpha value is -1.12. The van der Waals surface area contributed by atoms with Crippen LogP contribution in [0.2, 0.25) is 0 Å². The molecule has 5 heteroatoms. The molecule has 0 atom stereocenters. The van der Waals surface area contributed by atoms with Crippen LogP contribution in [0.5, 0.6) is 0 Å². The molecule has 0 radical (unpaired) electrons. The minimum Gasteiger partial charge on any atom is -0.375 e. The molecular weight excluding hydrogens is 246 g/mol. The van der Waals surface area contributed by atoms with Crippen LogP contribution in [0.3, 0.4) is 0 Å². The molecule has 0 aromatic carbocycles.